The predicted octanol–water partition coefficient (Wildman–Crippen LogP) is 3.36. The fourth-order valence-electron chi connectivity index (χ4n) is 5.00. The number of rotatable bonds is 6. The van der Waals surface area contributed by atoms with Crippen LogP contribution in [0.25, 0.3) is 16.4 Å². The van der Waals surface area contributed by atoms with E-state index in [9.17, 15) is 23.4 Å². The van der Waals surface area contributed by atoms with Crippen LogP contribution in [0.3, 0.4) is 0 Å². The first-order valence-corrected chi connectivity index (χ1v) is 13.3. The minimum atomic E-state index is -4.67. The van der Waals surface area contributed by atoms with Gasteiger partial charge in [0.2, 0.25) is 0 Å². The number of thiazole rings is 1. The SMILES string of the molecule is CO[C@H]1C(C(C)O)O[C@@H](c2nnc(C)n2-c2cc(C)ccc2C(F)(F)F)C(O)C1n1cc(-c2nc(C)cs2)nn1. The average molecular weight is 580 g/mol. The van der Waals surface area contributed by atoms with Crippen LogP contribution in [0.2, 0.25) is 0 Å². The van der Waals surface area contributed by atoms with Crippen LogP contribution in [0.5, 0.6) is 0 Å². The number of halogens is 3. The number of aliphatic hydroxyl groups excluding tert-OH is 2. The normalized spacial score (nSPS) is 24.4. The molecule has 15 heteroatoms. The standard InChI is InChI=1S/C25H28F3N7O4S/c1-11-6-7-15(25(26,27)28)17(8-11)35-14(4)30-32-23(35)22-19(37)18(21(38-5)20(39-22)13(3)36)34-9-16(31-33-34)24-29-12(2)10-40-24/h6-10,13,18-22,36-37H,1-5H3/t13?,18?,19?,20?,21-,22-/m1/s1. The molecule has 2 N–H and O–H groups in total. The zero-order valence-corrected chi connectivity index (χ0v) is 23.1. The van der Waals surface area contributed by atoms with Crippen LogP contribution in [0, 0.1) is 20.8 Å². The van der Waals surface area contributed by atoms with Gasteiger partial charge in [-0.1, -0.05) is 11.3 Å². The third kappa shape index (κ3) is 5.03. The molecule has 4 heterocycles. The zero-order chi connectivity index (χ0) is 28.9. The predicted molar refractivity (Wildman–Crippen MR) is 137 cm³/mol. The molecule has 4 aromatic rings. The largest absolute Gasteiger partial charge is 0.418 e. The Balaban J connectivity index is 1.63. The number of benzene rings is 1. The van der Waals surface area contributed by atoms with Crippen LogP contribution in [0.4, 0.5) is 13.2 Å². The summed E-state index contributed by atoms with van der Waals surface area (Å²) in [5.74, 6) is 0.0882. The zero-order valence-electron chi connectivity index (χ0n) is 22.2. The van der Waals surface area contributed by atoms with Gasteiger partial charge in [0.1, 0.15) is 47.0 Å². The van der Waals surface area contributed by atoms with Crippen molar-refractivity contribution < 1.29 is 32.9 Å². The molecule has 0 spiro atoms. The second-order valence-corrected chi connectivity index (χ2v) is 10.6. The number of aliphatic hydroxyl groups is 2. The van der Waals surface area contributed by atoms with Gasteiger partial charge in [-0.2, -0.15) is 13.2 Å². The molecule has 1 aromatic carbocycles. The first kappa shape index (κ1) is 28.3. The summed E-state index contributed by atoms with van der Waals surface area (Å²) in [5, 5.41) is 41.4. The lowest BCUT2D eigenvalue weighted by atomic mass is 9.89. The molecule has 1 fully saturated rings. The molecule has 0 saturated carbocycles. The third-order valence-corrected chi connectivity index (χ3v) is 7.81. The van der Waals surface area contributed by atoms with Crippen LogP contribution in [-0.2, 0) is 15.7 Å². The van der Waals surface area contributed by atoms with Crippen LogP contribution >= 0.6 is 11.3 Å². The maximum Gasteiger partial charge on any atom is 0.418 e. The molecular weight excluding hydrogens is 551 g/mol. The number of aryl methyl sites for hydroxylation is 3. The molecule has 0 bridgehead atoms. The van der Waals surface area contributed by atoms with E-state index >= 15 is 0 Å². The quantitative estimate of drug-likeness (QED) is 0.353. The molecule has 3 aromatic heterocycles. The highest BCUT2D eigenvalue weighted by atomic mass is 32.1. The third-order valence-electron chi connectivity index (χ3n) is 6.83. The molecule has 6 atom stereocenters. The van der Waals surface area contributed by atoms with Gasteiger partial charge < -0.3 is 19.7 Å². The molecule has 0 aliphatic carbocycles. The van der Waals surface area contributed by atoms with Crippen LogP contribution < -0.4 is 0 Å². The molecule has 1 aliphatic rings. The van der Waals surface area contributed by atoms with E-state index in [4.69, 9.17) is 9.47 Å². The summed E-state index contributed by atoms with van der Waals surface area (Å²) < 4.78 is 56.5. The highest BCUT2D eigenvalue weighted by molar-refractivity contribution is 7.13. The molecule has 1 saturated heterocycles. The fourth-order valence-corrected chi connectivity index (χ4v) is 5.74. The van der Waals surface area contributed by atoms with Gasteiger partial charge in [0, 0.05) is 18.2 Å². The van der Waals surface area contributed by atoms with Crippen LogP contribution in [0.1, 0.15) is 47.5 Å². The number of nitrogens with zero attached hydrogens (tertiary/aromatic N) is 7. The summed E-state index contributed by atoms with van der Waals surface area (Å²) in [4.78, 5) is 4.42. The first-order chi connectivity index (χ1) is 18.9. The Morgan fingerprint density at radius 2 is 1.90 bits per heavy atom. The monoisotopic (exact) mass is 579 g/mol. The van der Waals surface area contributed by atoms with Gasteiger partial charge in [0.25, 0.3) is 0 Å². The number of hydrogen-bond acceptors (Lipinski definition) is 10. The summed E-state index contributed by atoms with van der Waals surface area (Å²) in [7, 11) is 1.40. The molecule has 0 radical (unpaired) electrons. The lowest BCUT2D eigenvalue weighted by Gasteiger charge is -2.44. The Labute approximate surface area is 231 Å². The number of hydrogen-bond donors (Lipinski definition) is 2. The molecule has 5 rings (SSSR count). The maximum absolute atomic E-state index is 14.0. The summed E-state index contributed by atoms with van der Waals surface area (Å²) in [6, 6.07) is 2.77. The van der Waals surface area contributed by atoms with Gasteiger partial charge in [-0.15, -0.1) is 26.6 Å². The van der Waals surface area contributed by atoms with E-state index in [1.807, 2.05) is 12.3 Å². The highest BCUT2D eigenvalue weighted by Gasteiger charge is 2.51. The Bertz CT molecular complexity index is 1500. The van der Waals surface area contributed by atoms with Crippen molar-refractivity contribution in [3.8, 4) is 16.4 Å². The second kappa shape index (κ2) is 10.6. The van der Waals surface area contributed by atoms with Gasteiger partial charge in [-0.05, 0) is 45.4 Å². The molecule has 11 nitrogen and oxygen atoms in total. The Morgan fingerprint density at radius 3 is 2.52 bits per heavy atom. The van der Waals surface area contributed by atoms with Crippen molar-refractivity contribution >= 4 is 11.3 Å². The van der Waals surface area contributed by atoms with E-state index in [1.54, 1.807) is 13.1 Å². The van der Waals surface area contributed by atoms with Gasteiger partial charge in [-0.25, -0.2) is 9.67 Å². The first-order valence-electron chi connectivity index (χ1n) is 12.4. The maximum atomic E-state index is 14.0. The molecule has 4 unspecified atom stereocenters. The minimum Gasteiger partial charge on any atom is -0.391 e. The molecule has 1 aliphatic heterocycles. The molecular formula is C25H28F3N7O4S. The number of alkyl halides is 3. The van der Waals surface area contributed by atoms with Crippen molar-refractivity contribution in [3.05, 3.63) is 58.2 Å². The van der Waals surface area contributed by atoms with Gasteiger partial charge in [-0.3, -0.25) is 4.57 Å². The van der Waals surface area contributed by atoms with E-state index in [0.717, 1.165) is 11.8 Å². The van der Waals surface area contributed by atoms with Crippen LogP contribution in [0.15, 0.2) is 29.8 Å². The fraction of sp³-hybridized carbons (Fsp3) is 0.480. The van der Waals surface area contributed by atoms with Crippen LogP contribution in [-0.4, -0.2) is 76.5 Å². The van der Waals surface area contributed by atoms with E-state index in [0.29, 0.717) is 16.3 Å². The van der Waals surface area contributed by atoms with Gasteiger partial charge in [0.15, 0.2) is 5.82 Å². The minimum absolute atomic E-state index is 0.0674. The van der Waals surface area contributed by atoms with Gasteiger partial charge in [0.05, 0.1) is 23.6 Å². The Hall–Kier alpha value is -3.24. The number of methoxy groups -OCH3 is 1. The Morgan fingerprint density at radius 1 is 1.15 bits per heavy atom. The van der Waals surface area contributed by atoms with Crippen molar-refractivity contribution in [2.24, 2.45) is 0 Å². The topological polar surface area (TPSA) is 133 Å². The van der Waals surface area contributed by atoms with Crippen molar-refractivity contribution in [1.82, 2.24) is 34.7 Å². The molecule has 0 amide bonds. The van der Waals surface area contributed by atoms with E-state index < -0.39 is 48.3 Å². The van der Waals surface area contributed by atoms with Crippen molar-refractivity contribution in [3.63, 3.8) is 0 Å². The summed E-state index contributed by atoms with van der Waals surface area (Å²) in [6.07, 6.45) is -8.82. The van der Waals surface area contributed by atoms with E-state index in [2.05, 4.69) is 25.5 Å². The molecule has 40 heavy (non-hydrogen) atoms. The van der Waals surface area contributed by atoms with E-state index in [-0.39, 0.29) is 17.3 Å². The molecule has 214 valence electrons. The van der Waals surface area contributed by atoms with E-state index in [1.165, 1.54) is 53.7 Å². The number of aromatic nitrogens is 7. The van der Waals surface area contributed by atoms with Crippen molar-refractivity contribution in [2.45, 2.75) is 70.4 Å². The summed E-state index contributed by atoms with van der Waals surface area (Å²) in [6.45, 7) is 6.52. The average Bonchev–Trinajstić information content (AvgIpc) is 3.62. The second-order valence-electron chi connectivity index (χ2n) is 9.78. The highest BCUT2D eigenvalue weighted by Crippen LogP contribution is 2.42. The lowest BCUT2D eigenvalue weighted by Crippen LogP contribution is -2.56. The lowest BCUT2D eigenvalue weighted by molar-refractivity contribution is -0.231. The van der Waals surface area contributed by atoms with Gasteiger partial charge >= 0.3 is 6.18 Å². The number of ether oxygens (including phenoxy) is 2. The smallest absolute Gasteiger partial charge is 0.391 e. The summed E-state index contributed by atoms with van der Waals surface area (Å²) >= 11 is 1.38. The van der Waals surface area contributed by atoms with Crippen molar-refractivity contribution in [2.75, 3.05) is 7.11 Å². The van der Waals surface area contributed by atoms with Crippen molar-refractivity contribution in [1.29, 1.82) is 0 Å². The summed E-state index contributed by atoms with van der Waals surface area (Å²) in [5.41, 5.74) is 0.755. The Kier molecular flexibility index (Phi) is 7.52.